The lowest BCUT2D eigenvalue weighted by Gasteiger charge is -2.48. The second-order valence-corrected chi connectivity index (χ2v) is 6.44. The number of likely N-dealkylation sites (tertiary alicyclic amines) is 1. The van der Waals surface area contributed by atoms with Crippen LogP contribution in [-0.4, -0.2) is 47.3 Å². The number of aliphatic hydroxyl groups is 1. The minimum atomic E-state index is -0.498. The summed E-state index contributed by atoms with van der Waals surface area (Å²) < 4.78 is 5.60. The van der Waals surface area contributed by atoms with Crippen molar-refractivity contribution in [2.45, 2.75) is 63.1 Å². The Labute approximate surface area is 115 Å². The van der Waals surface area contributed by atoms with Crippen LogP contribution >= 0.6 is 0 Å². The normalized spacial score (nSPS) is 39.7. The zero-order chi connectivity index (χ0) is 13.3. The average molecular weight is 267 g/mol. The number of hydrogen-bond donors (Lipinski definition) is 1. The van der Waals surface area contributed by atoms with Gasteiger partial charge >= 0.3 is 0 Å². The molecule has 3 aliphatic rings. The van der Waals surface area contributed by atoms with Gasteiger partial charge in [0.25, 0.3) is 5.91 Å². The van der Waals surface area contributed by atoms with Crippen LogP contribution in [0.2, 0.25) is 0 Å². The molecule has 4 nitrogen and oxygen atoms in total. The number of carbonyl (C=O) groups is 1. The smallest absolute Gasteiger partial charge is 0.251 e. The van der Waals surface area contributed by atoms with Gasteiger partial charge in [0.1, 0.15) is 6.10 Å². The molecule has 2 saturated heterocycles. The third kappa shape index (κ3) is 2.65. The van der Waals surface area contributed by atoms with Gasteiger partial charge in [-0.2, -0.15) is 0 Å². The summed E-state index contributed by atoms with van der Waals surface area (Å²) in [5, 5.41) is 10.6. The molecule has 3 rings (SSSR count). The minimum absolute atomic E-state index is 0.160. The molecular formula is C15H25NO3. The maximum absolute atomic E-state index is 12.5. The fourth-order valence-electron chi connectivity index (χ4n) is 3.91. The predicted molar refractivity (Wildman–Crippen MR) is 71.7 cm³/mol. The van der Waals surface area contributed by atoms with E-state index in [1.807, 2.05) is 4.90 Å². The van der Waals surface area contributed by atoms with Gasteiger partial charge in [0.05, 0.1) is 5.60 Å². The Morgan fingerprint density at radius 1 is 1.16 bits per heavy atom. The Bertz CT molecular complexity index is 340. The Kier molecular flexibility index (Phi) is 3.81. The SMILES string of the molecule is O=C(C1CCCCO1)N1CCC2(O)CCCCC2C1. The van der Waals surface area contributed by atoms with Crippen LogP contribution in [0, 0.1) is 5.92 Å². The highest BCUT2D eigenvalue weighted by molar-refractivity contribution is 5.81. The monoisotopic (exact) mass is 267 g/mol. The number of amides is 1. The molecule has 108 valence electrons. The van der Waals surface area contributed by atoms with Gasteiger partial charge in [-0.25, -0.2) is 0 Å². The Hall–Kier alpha value is -0.610. The topological polar surface area (TPSA) is 49.8 Å². The largest absolute Gasteiger partial charge is 0.389 e. The predicted octanol–water partition coefficient (Wildman–Crippen LogP) is 1.71. The van der Waals surface area contributed by atoms with E-state index >= 15 is 0 Å². The number of piperidine rings is 1. The number of nitrogens with zero attached hydrogens (tertiary/aromatic N) is 1. The number of ether oxygens (including phenoxy) is 1. The van der Waals surface area contributed by atoms with Gasteiger partial charge in [0.2, 0.25) is 0 Å². The van der Waals surface area contributed by atoms with Crippen LogP contribution in [0.3, 0.4) is 0 Å². The van der Waals surface area contributed by atoms with Crippen molar-refractivity contribution in [3.05, 3.63) is 0 Å². The lowest BCUT2D eigenvalue weighted by Crippen LogP contribution is -2.56. The zero-order valence-corrected chi connectivity index (χ0v) is 11.6. The van der Waals surface area contributed by atoms with Gasteiger partial charge in [-0.3, -0.25) is 4.79 Å². The van der Waals surface area contributed by atoms with Gasteiger partial charge in [-0.1, -0.05) is 12.8 Å². The van der Waals surface area contributed by atoms with Gasteiger partial charge in [0.15, 0.2) is 0 Å². The molecule has 4 heteroatoms. The number of carbonyl (C=O) groups excluding carboxylic acids is 1. The fourth-order valence-corrected chi connectivity index (χ4v) is 3.91. The highest BCUT2D eigenvalue weighted by Crippen LogP contribution is 2.40. The number of hydrogen-bond acceptors (Lipinski definition) is 3. The summed E-state index contributed by atoms with van der Waals surface area (Å²) in [5.74, 6) is 0.440. The van der Waals surface area contributed by atoms with Crippen molar-refractivity contribution in [2.24, 2.45) is 5.92 Å². The van der Waals surface area contributed by atoms with E-state index in [1.54, 1.807) is 0 Å². The molecule has 0 aromatic rings. The first kappa shape index (κ1) is 13.4. The molecule has 1 aliphatic carbocycles. The fraction of sp³-hybridized carbons (Fsp3) is 0.933. The summed E-state index contributed by atoms with van der Waals surface area (Å²) in [6.45, 7) is 2.15. The van der Waals surface area contributed by atoms with Crippen molar-refractivity contribution in [1.29, 1.82) is 0 Å². The molecule has 3 atom stereocenters. The maximum atomic E-state index is 12.5. The van der Waals surface area contributed by atoms with Crippen molar-refractivity contribution >= 4 is 5.91 Å². The summed E-state index contributed by atoms with van der Waals surface area (Å²) in [4.78, 5) is 14.4. The molecule has 19 heavy (non-hydrogen) atoms. The first-order chi connectivity index (χ1) is 9.19. The first-order valence-corrected chi connectivity index (χ1v) is 7.82. The van der Waals surface area contributed by atoms with Crippen LogP contribution in [0.25, 0.3) is 0 Å². The second-order valence-electron chi connectivity index (χ2n) is 6.44. The highest BCUT2D eigenvalue weighted by atomic mass is 16.5. The van der Waals surface area contributed by atoms with Crippen molar-refractivity contribution in [1.82, 2.24) is 4.90 Å². The minimum Gasteiger partial charge on any atom is -0.389 e. The molecule has 1 amide bonds. The van der Waals surface area contributed by atoms with Crippen LogP contribution in [0.5, 0.6) is 0 Å². The van der Waals surface area contributed by atoms with Gasteiger partial charge in [-0.15, -0.1) is 0 Å². The van der Waals surface area contributed by atoms with Crippen molar-refractivity contribution in [3.63, 3.8) is 0 Å². The summed E-state index contributed by atoms with van der Waals surface area (Å²) in [5.41, 5.74) is -0.498. The van der Waals surface area contributed by atoms with Crippen LogP contribution in [0.1, 0.15) is 51.4 Å². The molecule has 2 heterocycles. The molecule has 3 fully saturated rings. The van der Waals surface area contributed by atoms with Crippen LogP contribution in [-0.2, 0) is 9.53 Å². The van der Waals surface area contributed by atoms with Gasteiger partial charge in [0, 0.05) is 25.6 Å². The Morgan fingerprint density at radius 2 is 2.00 bits per heavy atom. The Morgan fingerprint density at radius 3 is 2.79 bits per heavy atom. The lowest BCUT2D eigenvalue weighted by molar-refractivity contribution is -0.157. The molecule has 2 aliphatic heterocycles. The zero-order valence-electron chi connectivity index (χ0n) is 11.6. The molecule has 0 aromatic carbocycles. The second kappa shape index (κ2) is 5.41. The third-order valence-corrected chi connectivity index (χ3v) is 5.19. The highest BCUT2D eigenvalue weighted by Gasteiger charge is 2.44. The molecule has 0 aromatic heterocycles. The average Bonchev–Trinajstić information content (AvgIpc) is 2.46. The number of fused-ring (bicyclic) bond motifs is 1. The molecular weight excluding hydrogens is 242 g/mol. The van der Waals surface area contributed by atoms with E-state index in [-0.39, 0.29) is 17.9 Å². The molecule has 1 N–H and O–H groups in total. The quantitative estimate of drug-likeness (QED) is 0.787. The van der Waals surface area contributed by atoms with Crippen molar-refractivity contribution in [3.8, 4) is 0 Å². The van der Waals surface area contributed by atoms with E-state index < -0.39 is 5.60 Å². The summed E-state index contributed by atoms with van der Waals surface area (Å²) in [7, 11) is 0. The lowest BCUT2D eigenvalue weighted by atomic mass is 9.71. The van der Waals surface area contributed by atoms with Crippen molar-refractivity contribution < 1.29 is 14.6 Å². The number of rotatable bonds is 1. The molecule has 1 saturated carbocycles. The maximum Gasteiger partial charge on any atom is 0.251 e. The first-order valence-electron chi connectivity index (χ1n) is 7.82. The van der Waals surface area contributed by atoms with Crippen LogP contribution in [0.4, 0.5) is 0 Å². The van der Waals surface area contributed by atoms with E-state index in [9.17, 15) is 9.90 Å². The summed E-state index contributed by atoms with van der Waals surface area (Å²) >= 11 is 0. The van der Waals surface area contributed by atoms with Gasteiger partial charge in [-0.05, 0) is 38.5 Å². The standard InChI is InChI=1S/C15H25NO3/c17-14(13-6-2-4-10-19-13)16-9-8-15(18)7-3-1-5-12(15)11-16/h12-13,18H,1-11H2. The summed E-state index contributed by atoms with van der Waals surface area (Å²) in [6, 6.07) is 0. The van der Waals surface area contributed by atoms with Gasteiger partial charge < -0.3 is 14.7 Å². The van der Waals surface area contributed by atoms with E-state index in [0.717, 1.165) is 58.1 Å². The van der Waals surface area contributed by atoms with Crippen LogP contribution < -0.4 is 0 Å². The van der Waals surface area contributed by atoms with E-state index in [2.05, 4.69) is 0 Å². The third-order valence-electron chi connectivity index (χ3n) is 5.19. The van der Waals surface area contributed by atoms with E-state index in [0.29, 0.717) is 6.54 Å². The molecule has 3 unspecified atom stereocenters. The summed E-state index contributed by atoms with van der Waals surface area (Å²) in [6.07, 6.45) is 7.86. The molecule has 0 bridgehead atoms. The molecule has 0 spiro atoms. The van der Waals surface area contributed by atoms with Crippen LogP contribution in [0.15, 0.2) is 0 Å². The van der Waals surface area contributed by atoms with Crippen molar-refractivity contribution in [2.75, 3.05) is 19.7 Å². The van der Waals surface area contributed by atoms with E-state index in [1.165, 1.54) is 6.42 Å². The van der Waals surface area contributed by atoms with E-state index in [4.69, 9.17) is 4.74 Å². The molecule has 0 radical (unpaired) electrons. The Balaban J connectivity index is 1.62.